The summed E-state index contributed by atoms with van der Waals surface area (Å²) in [6.07, 6.45) is -11.2. The minimum absolute atomic E-state index is 0.404. The van der Waals surface area contributed by atoms with Crippen LogP contribution in [-0.2, 0) is 5.60 Å². The minimum Gasteiger partial charge on any atom is -0.368 e. The summed E-state index contributed by atoms with van der Waals surface area (Å²) in [5, 5.41) is 8.83. The molecule has 16 heavy (non-hydrogen) atoms. The first kappa shape index (κ1) is 12.8. The molecule has 2 nitrogen and oxygen atoms in total. The third-order valence-electron chi connectivity index (χ3n) is 1.81. The van der Waals surface area contributed by atoms with Crippen LogP contribution in [0.15, 0.2) is 18.3 Å². The number of aromatic nitrogens is 1. The van der Waals surface area contributed by atoms with E-state index in [2.05, 4.69) is 11.1 Å². The molecule has 0 saturated carbocycles. The Hall–Kier alpha value is -1.31. The standard InChI is InChI=1S/C8H4F6NO/c9-7(10,11)6(16,8(12,13)14)5-3-1-2-4-15-5/h1,3-4,16H. The summed E-state index contributed by atoms with van der Waals surface area (Å²) in [5.74, 6) is 0. The molecular formula is C8H4F6NO. The van der Waals surface area contributed by atoms with E-state index in [9.17, 15) is 26.3 Å². The van der Waals surface area contributed by atoms with Crippen LogP contribution in [0.1, 0.15) is 5.69 Å². The van der Waals surface area contributed by atoms with Crippen molar-refractivity contribution in [2.75, 3.05) is 0 Å². The van der Waals surface area contributed by atoms with Crippen LogP contribution in [-0.4, -0.2) is 22.4 Å². The fraction of sp³-hybridized carbons (Fsp3) is 0.375. The molecule has 0 aliphatic rings. The molecule has 0 aliphatic carbocycles. The summed E-state index contributed by atoms with van der Waals surface area (Å²) in [4.78, 5) is 2.84. The molecule has 0 atom stereocenters. The van der Waals surface area contributed by atoms with Gasteiger partial charge in [0.1, 0.15) is 0 Å². The lowest BCUT2D eigenvalue weighted by Crippen LogP contribution is -2.54. The predicted octanol–water partition coefficient (Wildman–Crippen LogP) is 2.19. The van der Waals surface area contributed by atoms with Crippen LogP contribution in [0.3, 0.4) is 0 Å². The van der Waals surface area contributed by atoms with Gasteiger partial charge in [-0.15, -0.1) is 0 Å². The number of halogens is 6. The quantitative estimate of drug-likeness (QED) is 0.768. The highest BCUT2D eigenvalue weighted by Crippen LogP contribution is 2.49. The zero-order chi connectivity index (χ0) is 12.6. The van der Waals surface area contributed by atoms with Crippen molar-refractivity contribution in [3.05, 3.63) is 30.1 Å². The van der Waals surface area contributed by atoms with E-state index in [0.29, 0.717) is 12.3 Å². The Labute approximate surface area is 85.5 Å². The molecule has 1 N–H and O–H groups in total. The third kappa shape index (κ3) is 1.84. The van der Waals surface area contributed by atoms with E-state index >= 15 is 0 Å². The van der Waals surface area contributed by atoms with Crippen molar-refractivity contribution in [3.8, 4) is 0 Å². The Bertz CT molecular complexity index is 343. The summed E-state index contributed by atoms with van der Waals surface area (Å²) in [6, 6.07) is 3.35. The van der Waals surface area contributed by atoms with Crippen molar-refractivity contribution >= 4 is 0 Å². The highest BCUT2D eigenvalue weighted by Gasteiger charge is 2.72. The lowest BCUT2D eigenvalue weighted by Gasteiger charge is -2.31. The normalized spacial score (nSPS) is 13.9. The van der Waals surface area contributed by atoms with Crippen LogP contribution in [0.2, 0.25) is 0 Å². The van der Waals surface area contributed by atoms with E-state index in [1.807, 2.05) is 0 Å². The first-order valence-electron chi connectivity index (χ1n) is 3.79. The van der Waals surface area contributed by atoms with Crippen LogP contribution in [0.5, 0.6) is 0 Å². The van der Waals surface area contributed by atoms with Crippen molar-refractivity contribution in [1.82, 2.24) is 4.98 Å². The molecule has 89 valence electrons. The fourth-order valence-corrected chi connectivity index (χ4v) is 0.985. The van der Waals surface area contributed by atoms with Gasteiger partial charge >= 0.3 is 12.4 Å². The summed E-state index contributed by atoms with van der Waals surface area (Å²) in [6.45, 7) is 0. The molecule has 1 radical (unpaired) electrons. The van der Waals surface area contributed by atoms with E-state index < -0.39 is 23.6 Å². The van der Waals surface area contributed by atoms with E-state index in [0.717, 1.165) is 6.07 Å². The van der Waals surface area contributed by atoms with Crippen molar-refractivity contribution in [2.24, 2.45) is 0 Å². The van der Waals surface area contributed by atoms with Crippen molar-refractivity contribution in [2.45, 2.75) is 18.0 Å². The van der Waals surface area contributed by atoms with Gasteiger partial charge in [0.05, 0.1) is 5.69 Å². The predicted molar refractivity (Wildman–Crippen MR) is 39.1 cm³/mol. The zero-order valence-electron chi connectivity index (χ0n) is 7.39. The number of nitrogens with zero attached hydrogens (tertiary/aromatic N) is 1. The molecule has 8 heteroatoms. The fourth-order valence-electron chi connectivity index (χ4n) is 0.985. The minimum atomic E-state index is -5.90. The number of rotatable bonds is 1. The van der Waals surface area contributed by atoms with Gasteiger partial charge < -0.3 is 5.11 Å². The van der Waals surface area contributed by atoms with Crippen LogP contribution in [0.25, 0.3) is 0 Å². The van der Waals surface area contributed by atoms with Crippen molar-refractivity contribution in [1.29, 1.82) is 0 Å². The average molecular weight is 244 g/mol. The van der Waals surface area contributed by atoms with Crippen LogP contribution < -0.4 is 0 Å². The largest absolute Gasteiger partial charge is 0.432 e. The number of aliphatic hydroxyl groups is 1. The second-order valence-electron chi connectivity index (χ2n) is 2.85. The van der Waals surface area contributed by atoms with Gasteiger partial charge in [-0.1, -0.05) is 6.07 Å². The molecule has 0 saturated heterocycles. The van der Waals surface area contributed by atoms with Gasteiger partial charge in [0, 0.05) is 12.3 Å². The summed E-state index contributed by atoms with van der Waals surface area (Å²) in [5.41, 5.74) is -6.50. The molecule has 1 rings (SSSR count). The number of pyridine rings is 1. The maximum atomic E-state index is 12.3. The maximum Gasteiger partial charge on any atom is 0.432 e. The molecule has 1 aromatic heterocycles. The SMILES string of the molecule is OC(c1cc[c]cn1)(C(F)(F)F)C(F)(F)F. The Kier molecular flexibility index (Phi) is 2.88. The smallest absolute Gasteiger partial charge is 0.368 e. The number of hydrogen-bond acceptors (Lipinski definition) is 2. The molecule has 0 bridgehead atoms. The third-order valence-corrected chi connectivity index (χ3v) is 1.81. The molecule has 0 spiro atoms. The Balaban J connectivity index is 3.39. The number of alkyl halides is 6. The van der Waals surface area contributed by atoms with Gasteiger partial charge in [-0.3, -0.25) is 4.98 Å². The van der Waals surface area contributed by atoms with E-state index in [-0.39, 0.29) is 0 Å². The average Bonchev–Trinajstić information content (AvgIpc) is 2.14. The van der Waals surface area contributed by atoms with Crippen LogP contribution in [0, 0.1) is 6.07 Å². The van der Waals surface area contributed by atoms with Gasteiger partial charge in [0.2, 0.25) is 0 Å². The molecule has 1 aromatic rings. The Morgan fingerprint density at radius 2 is 1.56 bits per heavy atom. The van der Waals surface area contributed by atoms with E-state index in [1.165, 1.54) is 0 Å². The van der Waals surface area contributed by atoms with E-state index in [1.54, 1.807) is 0 Å². The topological polar surface area (TPSA) is 33.1 Å². The lowest BCUT2D eigenvalue weighted by molar-refractivity contribution is -0.377. The second-order valence-corrected chi connectivity index (χ2v) is 2.85. The first-order valence-corrected chi connectivity index (χ1v) is 3.79. The summed E-state index contributed by atoms with van der Waals surface area (Å²) >= 11 is 0. The highest BCUT2D eigenvalue weighted by molar-refractivity contribution is 5.18. The first-order chi connectivity index (χ1) is 7.11. The molecule has 0 amide bonds. The lowest BCUT2D eigenvalue weighted by atomic mass is 9.97. The molecular weight excluding hydrogens is 240 g/mol. The monoisotopic (exact) mass is 244 g/mol. The van der Waals surface area contributed by atoms with Crippen LogP contribution in [0.4, 0.5) is 26.3 Å². The van der Waals surface area contributed by atoms with E-state index in [4.69, 9.17) is 5.11 Å². The molecule has 1 heterocycles. The van der Waals surface area contributed by atoms with Crippen LogP contribution >= 0.6 is 0 Å². The molecule has 0 aliphatic heterocycles. The second kappa shape index (κ2) is 3.62. The zero-order valence-corrected chi connectivity index (χ0v) is 7.39. The molecule has 0 unspecified atom stereocenters. The molecule has 0 fully saturated rings. The number of hydrogen-bond donors (Lipinski definition) is 1. The van der Waals surface area contributed by atoms with Gasteiger partial charge in [-0.25, -0.2) is 0 Å². The van der Waals surface area contributed by atoms with Gasteiger partial charge in [0.15, 0.2) is 0 Å². The Morgan fingerprint density at radius 1 is 1.06 bits per heavy atom. The summed E-state index contributed by atoms with van der Waals surface area (Å²) in [7, 11) is 0. The summed E-state index contributed by atoms with van der Waals surface area (Å²) < 4.78 is 73.6. The highest BCUT2D eigenvalue weighted by atomic mass is 19.4. The van der Waals surface area contributed by atoms with Gasteiger partial charge in [-0.2, -0.15) is 26.3 Å². The van der Waals surface area contributed by atoms with Gasteiger partial charge in [0.25, 0.3) is 5.60 Å². The molecule has 0 aromatic carbocycles. The van der Waals surface area contributed by atoms with Gasteiger partial charge in [-0.05, 0) is 6.07 Å². The Morgan fingerprint density at radius 3 is 1.88 bits per heavy atom. The van der Waals surface area contributed by atoms with Crippen molar-refractivity contribution in [3.63, 3.8) is 0 Å². The van der Waals surface area contributed by atoms with Crippen molar-refractivity contribution < 1.29 is 31.4 Å². The maximum absolute atomic E-state index is 12.3.